The molecule has 1 saturated heterocycles. The van der Waals surface area contributed by atoms with E-state index in [1.54, 1.807) is 19.1 Å². The molecular formula is C14H19NO4S. The van der Waals surface area contributed by atoms with Gasteiger partial charge >= 0.3 is 0 Å². The molecule has 0 saturated carbocycles. The van der Waals surface area contributed by atoms with Crippen LogP contribution < -0.4 is 0 Å². The zero-order valence-electron chi connectivity index (χ0n) is 11.4. The zero-order chi connectivity index (χ0) is 14.8. The van der Waals surface area contributed by atoms with Crippen molar-refractivity contribution in [2.75, 3.05) is 19.7 Å². The summed E-state index contributed by atoms with van der Waals surface area (Å²) < 4.78 is 26.4. The van der Waals surface area contributed by atoms with E-state index >= 15 is 0 Å². The first kappa shape index (κ1) is 15.2. The number of aliphatic hydroxyl groups excluding tert-OH is 1. The topological polar surface area (TPSA) is 74.7 Å². The molecule has 1 aliphatic heterocycles. The van der Waals surface area contributed by atoms with Gasteiger partial charge in [-0.05, 0) is 24.5 Å². The lowest BCUT2D eigenvalue weighted by molar-refractivity contribution is 0.0988. The number of hydrogen-bond acceptors (Lipinski definition) is 4. The number of carbonyl (C=O) groups is 1. The van der Waals surface area contributed by atoms with E-state index in [9.17, 15) is 13.2 Å². The Morgan fingerprint density at radius 1 is 1.45 bits per heavy atom. The van der Waals surface area contributed by atoms with Crippen LogP contribution in [0.5, 0.6) is 0 Å². The molecular weight excluding hydrogens is 278 g/mol. The van der Waals surface area contributed by atoms with Gasteiger partial charge in [0.15, 0.2) is 5.78 Å². The molecule has 5 nitrogen and oxygen atoms in total. The summed E-state index contributed by atoms with van der Waals surface area (Å²) in [4.78, 5) is 11.8. The maximum atomic E-state index is 12.5. The van der Waals surface area contributed by atoms with Gasteiger partial charge in [-0.1, -0.05) is 19.1 Å². The van der Waals surface area contributed by atoms with Gasteiger partial charge in [0.05, 0.1) is 4.90 Å². The van der Waals surface area contributed by atoms with E-state index in [-0.39, 0.29) is 23.2 Å². The fourth-order valence-corrected chi connectivity index (χ4v) is 3.93. The number of sulfonamides is 1. The van der Waals surface area contributed by atoms with Crippen molar-refractivity contribution in [3.05, 3.63) is 29.8 Å². The third-order valence-electron chi connectivity index (χ3n) is 3.62. The fourth-order valence-electron chi connectivity index (χ4n) is 2.35. The molecule has 1 heterocycles. The Labute approximate surface area is 119 Å². The van der Waals surface area contributed by atoms with E-state index < -0.39 is 10.0 Å². The zero-order valence-corrected chi connectivity index (χ0v) is 12.3. The second-order valence-electron chi connectivity index (χ2n) is 5.00. The maximum absolute atomic E-state index is 12.5. The van der Waals surface area contributed by atoms with Gasteiger partial charge in [-0.25, -0.2) is 8.42 Å². The highest BCUT2D eigenvalue weighted by molar-refractivity contribution is 7.89. The Balaban J connectivity index is 2.28. The van der Waals surface area contributed by atoms with Gasteiger partial charge in [0.1, 0.15) is 0 Å². The van der Waals surface area contributed by atoms with Crippen LogP contribution in [0.1, 0.15) is 30.1 Å². The molecule has 1 N–H and O–H groups in total. The number of ketones is 1. The van der Waals surface area contributed by atoms with Crippen LogP contribution >= 0.6 is 0 Å². The SMILES string of the molecule is CCC(=O)c1cccc(S(=O)(=O)N2CCC(CO)C2)c1. The molecule has 1 aromatic rings. The van der Waals surface area contributed by atoms with Crippen LogP contribution in [0.15, 0.2) is 29.2 Å². The molecule has 1 fully saturated rings. The van der Waals surface area contributed by atoms with E-state index in [1.807, 2.05) is 0 Å². The van der Waals surface area contributed by atoms with E-state index in [4.69, 9.17) is 5.11 Å². The summed E-state index contributed by atoms with van der Waals surface area (Å²) in [6.45, 7) is 2.50. The van der Waals surface area contributed by atoms with Gasteiger partial charge in [-0.2, -0.15) is 4.31 Å². The molecule has 6 heteroatoms. The first-order valence-electron chi connectivity index (χ1n) is 6.73. The maximum Gasteiger partial charge on any atom is 0.243 e. The second kappa shape index (κ2) is 6.03. The predicted octanol–water partition coefficient (Wildman–Crippen LogP) is 1.28. The molecule has 0 bridgehead atoms. The van der Waals surface area contributed by atoms with Crippen molar-refractivity contribution < 1.29 is 18.3 Å². The summed E-state index contributed by atoms with van der Waals surface area (Å²) in [6.07, 6.45) is 1.02. The average molecular weight is 297 g/mol. The summed E-state index contributed by atoms with van der Waals surface area (Å²) in [6, 6.07) is 6.17. The van der Waals surface area contributed by atoms with Crippen molar-refractivity contribution in [3.63, 3.8) is 0 Å². The van der Waals surface area contributed by atoms with E-state index in [0.29, 0.717) is 31.5 Å². The third kappa shape index (κ3) is 2.92. The van der Waals surface area contributed by atoms with Gasteiger partial charge in [-0.3, -0.25) is 4.79 Å². The summed E-state index contributed by atoms with van der Waals surface area (Å²) in [5.74, 6) is -0.0676. The Morgan fingerprint density at radius 2 is 2.20 bits per heavy atom. The summed E-state index contributed by atoms with van der Waals surface area (Å²) in [7, 11) is -3.58. The van der Waals surface area contributed by atoms with Crippen LogP contribution in [0.4, 0.5) is 0 Å². The number of rotatable bonds is 5. The Morgan fingerprint density at radius 3 is 2.80 bits per heavy atom. The number of hydrogen-bond donors (Lipinski definition) is 1. The van der Waals surface area contributed by atoms with Gasteiger partial charge in [0.25, 0.3) is 0 Å². The van der Waals surface area contributed by atoms with Gasteiger partial charge in [-0.15, -0.1) is 0 Å². The smallest absolute Gasteiger partial charge is 0.243 e. The third-order valence-corrected chi connectivity index (χ3v) is 5.48. The van der Waals surface area contributed by atoms with Gasteiger partial charge < -0.3 is 5.11 Å². The monoisotopic (exact) mass is 297 g/mol. The molecule has 0 spiro atoms. The molecule has 110 valence electrons. The molecule has 0 aliphatic carbocycles. The van der Waals surface area contributed by atoms with E-state index in [0.717, 1.165) is 0 Å². The van der Waals surface area contributed by atoms with Crippen molar-refractivity contribution in [2.24, 2.45) is 5.92 Å². The van der Waals surface area contributed by atoms with Crippen LogP contribution in [0.3, 0.4) is 0 Å². The molecule has 1 unspecified atom stereocenters. The highest BCUT2D eigenvalue weighted by Crippen LogP contribution is 2.24. The molecule has 1 aromatic carbocycles. The van der Waals surface area contributed by atoms with Crippen LogP contribution in [-0.4, -0.2) is 43.3 Å². The molecule has 20 heavy (non-hydrogen) atoms. The lowest BCUT2D eigenvalue weighted by atomic mass is 10.1. The number of Topliss-reactive ketones (excluding diaryl/α,β-unsaturated/α-hetero) is 1. The van der Waals surface area contributed by atoms with Crippen LogP contribution in [0, 0.1) is 5.92 Å². The Bertz CT molecular complexity index is 597. The number of nitrogens with zero attached hydrogens (tertiary/aromatic N) is 1. The largest absolute Gasteiger partial charge is 0.396 e. The minimum Gasteiger partial charge on any atom is -0.396 e. The summed E-state index contributed by atoms with van der Waals surface area (Å²) in [5, 5.41) is 9.10. The van der Waals surface area contributed by atoms with Gasteiger partial charge in [0, 0.05) is 31.7 Å². The van der Waals surface area contributed by atoms with Crippen molar-refractivity contribution in [2.45, 2.75) is 24.7 Å². The van der Waals surface area contributed by atoms with E-state index in [1.165, 1.54) is 16.4 Å². The van der Waals surface area contributed by atoms with E-state index in [2.05, 4.69) is 0 Å². The second-order valence-corrected chi connectivity index (χ2v) is 6.94. The molecule has 2 rings (SSSR count). The van der Waals surface area contributed by atoms with Crippen molar-refractivity contribution in [1.29, 1.82) is 0 Å². The summed E-state index contributed by atoms with van der Waals surface area (Å²) >= 11 is 0. The Hall–Kier alpha value is -1.24. The standard InChI is InChI=1S/C14H19NO4S/c1-2-14(17)12-4-3-5-13(8-12)20(18,19)15-7-6-11(9-15)10-16/h3-5,8,11,16H,2,6-7,9-10H2,1H3. The Kier molecular flexibility index (Phi) is 4.57. The quantitative estimate of drug-likeness (QED) is 0.831. The van der Waals surface area contributed by atoms with Crippen LogP contribution in [-0.2, 0) is 10.0 Å². The van der Waals surface area contributed by atoms with Crippen molar-refractivity contribution >= 4 is 15.8 Å². The molecule has 0 radical (unpaired) electrons. The summed E-state index contributed by atoms with van der Waals surface area (Å²) in [5.41, 5.74) is 0.423. The minimum absolute atomic E-state index is 0.000377. The first-order valence-corrected chi connectivity index (χ1v) is 8.17. The lowest BCUT2D eigenvalue weighted by Crippen LogP contribution is -2.29. The average Bonchev–Trinajstić information content (AvgIpc) is 2.96. The highest BCUT2D eigenvalue weighted by atomic mass is 32.2. The van der Waals surface area contributed by atoms with Crippen LogP contribution in [0.2, 0.25) is 0 Å². The predicted molar refractivity (Wildman–Crippen MR) is 75.0 cm³/mol. The first-order chi connectivity index (χ1) is 9.48. The highest BCUT2D eigenvalue weighted by Gasteiger charge is 2.32. The van der Waals surface area contributed by atoms with Crippen LogP contribution in [0.25, 0.3) is 0 Å². The molecule has 0 aromatic heterocycles. The van der Waals surface area contributed by atoms with Gasteiger partial charge in [0.2, 0.25) is 10.0 Å². The molecule has 0 amide bonds. The molecule has 1 aliphatic rings. The van der Waals surface area contributed by atoms with Crippen molar-refractivity contribution in [3.8, 4) is 0 Å². The normalized spacial score (nSPS) is 20.2. The lowest BCUT2D eigenvalue weighted by Gasteiger charge is -2.16. The minimum atomic E-state index is -3.58. The molecule has 1 atom stereocenters. The number of aliphatic hydroxyl groups is 1. The number of carbonyl (C=O) groups excluding carboxylic acids is 1. The fraction of sp³-hybridized carbons (Fsp3) is 0.500. The van der Waals surface area contributed by atoms with Crippen molar-refractivity contribution in [1.82, 2.24) is 4.31 Å². The number of benzene rings is 1.